The molecule has 3 aromatic carbocycles. The van der Waals surface area contributed by atoms with Gasteiger partial charge in [-0.05, 0) is 64.4 Å². The normalized spacial score (nSPS) is 13.0. The van der Waals surface area contributed by atoms with Crippen molar-refractivity contribution in [3.63, 3.8) is 0 Å². The van der Waals surface area contributed by atoms with Crippen molar-refractivity contribution in [3.05, 3.63) is 105 Å². The first-order valence-electron chi connectivity index (χ1n) is 9.64. The van der Waals surface area contributed by atoms with E-state index in [0.29, 0.717) is 16.1 Å². The Morgan fingerprint density at radius 3 is 2.00 bits per heavy atom. The van der Waals surface area contributed by atoms with Gasteiger partial charge in [0.25, 0.3) is 10.0 Å². The lowest BCUT2D eigenvalue weighted by atomic mass is 10.2. The second-order valence-electron chi connectivity index (χ2n) is 7.13. The maximum atomic E-state index is 12.9. The van der Waals surface area contributed by atoms with E-state index in [-0.39, 0.29) is 4.90 Å². The van der Waals surface area contributed by atoms with Gasteiger partial charge in [0.15, 0.2) is 0 Å². The summed E-state index contributed by atoms with van der Waals surface area (Å²) in [5.74, 6) is 0. The zero-order chi connectivity index (χ0) is 21.8. The van der Waals surface area contributed by atoms with E-state index in [2.05, 4.69) is 4.40 Å². The Hall–Kier alpha value is -2.81. The number of sulfonamides is 1. The molecule has 0 atom stereocenters. The molecule has 0 aliphatic rings. The molecule has 0 unspecified atom stereocenters. The van der Waals surface area contributed by atoms with E-state index >= 15 is 0 Å². The van der Waals surface area contributed by atoms with Crippen molar-refractivity contribution in [2.45, 2.75) is 25.3 Å². The molecule has 0 radical (unpaired) electrons. The molecule has 158 valence electrons. The summed E-state index contributed by atoms with van der Waals surface area (Å²) in [4.78, 5) is 6.04. The maximum absolute atomic E-state index is 12.9. The van der Waals surface area contributed by atoms with Crippen LogP contribution in [0.4, 0.5) is 5.69 Å². The topological polar surface area (TPSA) is 63.8 Å². The summed E-state index contributed by atoms with van der Waals surface area (Å²) < 4.78 is 31.9. The Kier molecular flexibility index (Phi) is 6.31. The summed E-state index contributed by atoms with van der Waals surface area (Å²) in [6.45, 7) is 4.43. The van der Waals surface area contributed by atoms with Crippen LogP contribution in [0.2, 0.25) is 0 Å². The van der Waals surface area contributed by atoms with Gasteiger partial charge in [-0.15, -0.1) is 4.40 Å². The van der Waals surface area contributed by atoms with Gasteiger partial charge in [0.05, 0.1) is 17.1 Å². The van der Waals surface area contributed by atoms with Crippen molar-refractivity contribution in [2.24, 2.45) is 9.39 Å². The van der Waals surface area contributed by atoms with Gasteiger partial charge in [-0.1, -0.05) is 65.7 Å². The molecular formula is C23H21N3O2S3. The molecule has 4 aromatic rings. The van der Waals surface area contributed by atoms with Gasteiger partial charge in [-0.2, -0.15) is 8.42 Å². The molecule has 4 rings (SSSR count). The summed E-state index contributed by atoms with van der Waals surface area (Å²) in [6.07, 6.45) is 0. The Morgan fingerprint density at radius 2 is 1.35 bits per heavy atom. The van der Waals surface area contributed by atoms with Gasteiger partial charge >= 0.3 is 0 Å². The minimum absolute atomic E-state index is 0.180. The smallest absolute Gasteiger partial charge is 0.285 e. The van der Waals surface area contributed by atoms with Crippen LogP contribution in [0.15, 0.2) is 93.1 Å². The highest BCUT2D eigenvalue weighted by molar-refractivity contribution is 7.90. The fourth-order valence-electron chi connectivity index (χ4n) is 2.89. The third-order valence-corrected chi connectivity index (χ3v) is 8.16. The van der Waals surface area contributed by atoms with E-state index in [9.17, 15) is 8.42 Å². The minimum Gasteiger partial charge on any atom is -0.287 e. The van der Waals surface area contributed by atoms with Crippen LogP contribution >= 0.6 is 20.7 Å². The van der Waals surface area contributed by atoms with Crippen molar-refractivity contribution in [3.8, 4) is 0 Å². The molecule has 0 spiro atoms. The lowest BCUT2D eigenvalue weighted by molar-refractivity contribution is 0.595. The van der Waals surface area contributed by atoms with Gasteiger partial charge in [0.1, 0.15) is 0 Å². The summed E-state index contributed by atoms with van der Waals surface area (Å²) in [6, 6.07) is 24.5. The third-order valence-electron chi connectivity index (χ3n) is 4.61. The van der Waals surface area contributed by atoms with E-state index in [4.69, 9.17) is 4.99 Å². The molecule has 0 bridgehead atoms. The fourth-order valence-corrected chi connectivity index (χ4v) is 6.40. The van der Waals surface area contributed by atoms with E-state index in [1.165, 1.54) is 20.7 Å². The molecule has 0 fully saturated rings. The van der Waals surface area contributed by atoms with Crippen LogP contribution in [-0.2, 0) is 16.6 Å². The van der Waals surface area contributed by atoms with Gasteiger partial charge in [0.2, 0.25) is 9.60 Å². The minimum atomic E-state index is -3.83. The average Bonchev–Trinajstić information content (AvgIpc) is 3.11. The predicted octanol–water partition coefficient (Wildman–Crippen LogP) is 4.80. The number of hydrogen-bond donors (Lipinski definition) is 0. The second kappa shape index (κ2) is 9.13. The van der Waals surface area contributed by atoms with Crippen LogP contribution in [0, 0.1) is 13.8 Å². The number of benzene rings is 3. The van der Waals surface area contributed by atoms with Crippen molar-refractivity contribution in [1.82, 2.24) is 4.57 Å². The zero-order valence-corrected chi connectivity index (χ0v) is 19.5. The van der Waals surface area contributed by atoms with E-state index < -0.39 is 10.0 Å². The molecule has 31 heavy (non-hydrogen) atoms. The number of hydrogen-bond acceptors (Lipinski definition) is 5. The van der Waals surface area contributed by atoms with Crippen LogP contribution in [0.1, 0.15) is 16.7 Å². The molecular weight excluding hydrogens is 446 g/mol. The lowest BCUT2D eigenvalue weighted by Gasteiger charge is -2.04. The zero-order valence-electron chi connectivity index (χ0n) is 17.1. The van der Waals surface area contributed by atoms with E-state index in [0.717, 1.165) is 22.4 Å². The van der Waals surface area contributed by atoms with Crippen LogP contribution in [0.5, 0.6) is 0 Å². The Balaban J connectivity index is 1.86. The molecule has 0 saturated carbocycles. The molecule has 1 aromatic heterocycles. The highest BCUT2D eigenvalue weighted by Crippen LogP contribution is 2.14. The highest BCUT2D eigenvalue weighted by atomic mass is 32.9. The van der Waals surface area contributed by atoms with Crippen molar-refractivity contribution in [1.29, 1.82) is 0 Å². The first-order chi connectivity index (χ1) is 14.9. The molecule has 0 N–H and O–H groups in total. The van der Waals surface area contributed by atoms with E-state index in [1.54, 1.807) is 24.3 Å². The molecule has 5 nitrogen and oxygen atoms in total. The van der Waals surface area contributed by atoms with Crippen molar-refractivity contribution in [2.75, 3.05) is 0 Å². The van der Waals surface area contributed by atoms with Gasteiger partial charge < -0.3 is 0 Å². The summed E-state index contributed by atoms with van der Waals surface area (Å²) in [5, 5.41) is 0. The van der Waals surface area contributed by atoms with Gasteiger partial charge in [0, 0.05) is 0 Å². The first kappa shape index (κ1) is 21.4. The summed E-state index contributed by atoms with van der Waals surface area (Å²) in [7, 11) is -1.11. The van der Waals surface area contributed by atoms with Crippen LogP contribution in [0.25, 0.3) is 0 Å². The van der Waals surface area contributed by atoms with Crippen molar-refractivity contribution < 1.29 is 8.42 Å². The third kappa shape index (κ3) is 5.28. The predicted molar refractivity (Wildman–Crippen MR) is 126 cm³/mol. The Bertz CT molecular complexity index is 1410. The van der Waals surface area contributed by atoms with Gasteiger partial charge in [-0.25, -0.2) is 4.99 Å². The van der Waals surface area contributed by atoms with Crippen LogP contribution in [0.3, 0.4) is 0 Å². The Morgan fingerprint density at radius 1 is 0.774 bits per heavy atom. The molecule has 0 aliphatic carbocycles. The SMILES string of the molecule is Cc1ccc(N=c2ssc(=NS(=O)(=O)c3ccc(C)cc3)n2Cc2ccccc2)cc1. The molecule has 8 heteroatoms. The maximum Gasteiger partial charge on any atom is 0.285 e. The largest absolute Gasteiger partial charge is 0.287 e. The summed E-state index contributed by atoms with van der Waals surface area (Å²) in [5.41, 5.74) is 4.01. The second-order valence-corrected chi connectivity index (χ2v) is 10.8. The number of aryl methyl sites for hydroxylation is 2. The van der Waals surface area contributed by atoms with Crippen molar-refractivity contribution >= 4 is 36.4 Å². The highest BCUT2D eigenvalue weighted by Gasteiger charge is 2.14. The lowest BCUT2D eigenvalue weighted by Crippen LogP contribution is -2.27. The molecule has 0 saturated heterocycles. The summed E-state index contributed by atoms with van der Waals surface area (Å²) >= 11 is 0. The van der Waals surface area contributed by atoms with Gasteiger partial charge in [-0.3, -0.25) is 4.57 Å². The molecule has 1 heterocycles. The molecule has 0 amide bonds. The Labute approximate surface area is 188 Å². The average molecular weight is 468 g/mol. The monoisotopic (exact) mass is 467 g/mol. The van der Waals surface area contributed by atoms with Crippen LogP contribution in [-0.4, -0.2) is 13.0 Å². The first-order valence-corrected chi connectivity index (χ1v) is 13.2. The fraction of sp³-hybridized carbons (Fsp3) is 0.130. The van der Waals surface area contributed by atoms with Crippen LogP contribution < -0.4 is 9.60 Å². The standard InChI is InChI=1S/C23H21N3O2S3/c1-17-8-12-20(13-9-17)24-22-26(16-19-6-4-3-5-7-19)23(30-29-22)25-31(27,28)21-14-10-18(2)11-15-21/h3-15H,16H2,1-2H3. The molecule has 0 aliphatic heterocycles. The quantitative estimate of drug-likeness (QED) is 0.396. The number of aromatic nitrogens is 1. The number of rotatable bonds is 5. The number of nitrogens with zero attached hydrogens (tertiary/aromatic N) is 3. The van der Waals surface area contributed by atoms with E-state index in [1.807, 2.05) is 73.0 Å².